The van der Waals surface area contributed by atoms with Crippen LogP contribution in [-0.4, -0.2) is 38.6 Å². The van der Waals surface area contributed by atoms with E-state index in [2.05, 4.69) is 20.4 Å². The molecule has 0 saturated carbocycles. The molecule has 0 bridgehead atoms. The summed E-state index contributed by atoms with van der Waals surface area (Å²) in [6, 6.07) is 6.93. The van der Waals surface area contributed by atoms with Crippen molar-refractivity contribution in [3.8, 4) is 11.5 Å². The third-order valence-electron chi connectivity index (χ3n) is 4.88. The van der Waals surface area contributed by atoms with E-state index >= 15 is 0 Å². The van der Waals surface area contributed by atoms with Crippen LogP contribution >= 0.6 is 0 Å². The van der Waals surface area contributed by atoms with Crippen LogP contribution in [0.1, 0.15) is 11.1 Å². The molecule has 0 atom stereocenters. The van der Waals surface area contributed by atoms with Crippen molar-refractivity contribution in [1.29, 1.82) is 0 Å². The minimum Gasteiger partial charge on any atom is -0.494 e. The van der Waals surface area contributed by atoms with Gasteiger partial charge in [0.1, 0.15) is 12.4 Å². The number of methoxy groups -OCH3 is 1. The smallest absolute Gasteiger partial charge is 0.227 e. The Morgan fingerprint density at radius 3 is 2.59 bits per heavy atom. The van der Waals surface area contributed by atoms with Crippen molar-refractivity contribution >= 4 is 22.5 Å². The first-order valence-corrected chi connectivity index (χ1v) is 9.80. The number of ether oxygens (including phenoxy) is 2. The van der Waals surface area contributed by atoms with Gasteiger partial charge in [0.2, 0.25) is 5.95 Å². The monoisotopic (exact) mass is 441 g/mol. The Balaban J connectivity index is 1.46. The van der Waals surface area contributed by atoms with Crippen LogP contribution in [0.3, 0.4) is 0 Å². The fraction of sp³-hybridized carbons (Fsp3) is 0.227. The van der Waals surface area contributed by atoms with Gasteiger partial charge in [0.05, 0.1) is 49.9 Å². The summed E-state index contributed by atoms with van der Waals surface area (Å²) in [5.41, 5.74) is 1.63. The van der Waals surface area contributed by atoms with Crippen molar-refractivity contribution < 1.29 is 23.4 Å². The van der Waals surface area contributed by atoms with Gasteiger partial charge in [0, 0.05) is 11.1 Å². The quantitative estimate of drug-likeness (QED) is 0.430. The number of aromatic nitrogens is 4. The second-order valence-electron chi connectivity index (χ2n) is 7.02. The number of benzene rings is 2. The third kappa shape index (κ3) is 4.30. The zero-order valence-corrected chi connectivity index (χ0v) is 17.5. The molecule has 0 radical (unpaired) electrons. The standard InChI is InChI=1S/C22H21F2N5O3/c1-13-7-19(31-2)21(24)17(20(13)23)12-32-16-10-25-22(26-11-16)28-15-4-3-14-9-27-29(5-6-30)18(14)8-15/h3-4,7-11,30H,5-6,12H2,1-2H3,(H,25,26,28). The van der Waals surface area contributed by atoms with Crippen molar-refractivity contribution in [1.82, 2.24) is 19.7 Å². The Morgan fingerprint density at radius 2 is 1.88 bits per heavy atom. The highest BCUT2D eigenvalue weighted by Crippen LogP contribution is 2.27. The van der Waals surface area contributed by atoms with Crippen LogP contribution in [0.4, 0.5) is 20.4 Å². The number of aryl methyl sites for hydroxylation is 1. The Kier molecular flexibility index (Phi) is 6.13. The van der Waals surface area contributed by atoms with E-state index in [0.29, 0.717) is 12.5 Å². The van der Waals surface area contributed by atoms with Crippen LogP contribution in [-0.2, 0) is 13.2 Å². The summed E-state index contributed by atoms with van der Waals surface area (Å²) in [6.45, 7) is 1.57. The molecule has 0 unspecified atom stereocenters. The molecule has 0 fully saturated rings. The molecule has 0 amide bonds. The summed E-state index contributed by atoms with van der Waals surface area (Å²) in [6.07, 6.45) is 4.55. The highest BCUT2D eigenvalue weighted by atomic mass is 19.1. The van der Waals surface area contributed by atoms with Crippen molar-refractivity contribution in [3.05, 3.63) is 65.6 Å². The normalized spacial score (nSPS) is 11.0. The average molecular weight is 441 g/mol. The van der Waals surface area contributed by atoms with E-state index in [9.17, 15) is 8.78 Å². The number of rotatable bonds is 8. The molecule has 0 spiro atoms. The summed E-state index contributed by atoms with van der Waals surface area (Å²) in [5, 5.41) is 17.4. The predicted octanol–water partition coefficient (Wildman–Crippen LogP) is 3.74. The van der Waals surface area contributed by atoms with Gasteiger partial charge in [0.25, 0.3) is 0 Å². The second kappa shape index (κ2) is 9.15. The first kappa shape index (κ1) is 21.4. The molecule has 2 heterocycles. The summed E-state index contributed by atoms with van der Waals surface area (Å²) in [4.78, 5) is 8.37. The van der Waals surface area contributed by atoms with Crippen molar-refractivity contribution in [3.63, 3.8) is 0 Å². The van der Waals surface area contributed by atoms with Crippen LogP contribution in [0.15, 0.2) is 42.9 Å². The summed E-state index contributed by atoms with van der Waals surface area (Å²) < 4.78 is 40.8. The van der Waals surface area contributed by atoms with Crippen LogP contribution in [0.25, 0.3) is 10.9 Å². The molecule has 166 valence electrons. The third-order valence-corrected chi connectivity index (χ3v) is 4.88. The number of aliphatic hydroxyl groups excluding tert-OH is 1. The molecule has 0 aliphatic heterocycles. The molecule has 0 aliphatic carbocycles. The van der Waals surface area contributed by atoms with Crippen LogP contribution < -0.4 is 14.8 Å². The molecule has 2 aromatic heterocycles. The molecular weight excluding hydrogens is 420 g/mol. The number of nitrogens with zero attached hydrogens (tertiary/aromatic N) is 4. The lowest BCUT2D eigenvalue weighted by atomic mass is 10.1. The molecule has 8 nitrogen and oxygen atoms in total. The van der Waals surface area contributed by atoms with Gasteiger partial charge < -0.3 is 19.9 Å². The molecule has 0 aliphatic rings. The number of anilines is 2. The number of halogens is 2. The average Bonchev–Trinajstić information content (AvgIpc) is 3.19. The van der Waals surface area contributed by atoms with Crippen molar-refractivity contribution in [2.75, 3.05) is 19.0 Å². The lowest BCUT2D eigenvalue weighted by Gasteiger charge is -2.12. The molecule has 4 rings (SSSR count). The van der Waals surface area contributed by atoms with Crippen molar-refractivity contribution in [2.24, 2.45) is 0 Å². The molecule has 2 aromatic carbocycles. The molecule has 4 aromatic rings. The van der Waals surface area contributed by atoms with E-state index in [-0.39, 0.29) is 35.8 Å². The maximum atomic E-state index is 14.4. The highest BCUT2D eigenvalue weighted by molar-refractivity contribution is 5.83. The van der Waals surface area contributed by atoms with E-state index in [4.69, 9.17) is 14.6 Å². The van der Waals surface area contributed by atoms with Gasteiger partial charge >= 0.3 is 0 Å². The Labute approximate surface area is 182 Å². The predicted molar refractivity (Wildman–Crippen MR) is 114 cm³/mol. The highest BCUT2D eigenvalue weighted by Gasteiger charge is 2.18. The zero-order chi connectivity index (χ0) is 22.7. The van der Waals surface area contributed by atoms with Gasteiger partial charge in [-0.1, -0.05) is 0 Å². The first-order valence-electron chi connectivity index (χ1n) is 9.80. The summed E-state index contributed by atoms with van der Waals surface area (Å²) >= 11 is 0. The van der Waals surface area contributed by atoms with E-state index in [1.165, 1.54) is 32.5 Å². The number of hydrogen-bond acceptors (Lipinski definition) is 7. The lowest BCUT2D eigenvalue weighted by molar-refractivity contribution is 0.271. The summed E-state index contributed by atoms with van der Waals surface area (Å²) in [5.74, 6) is -0.953. The number of aliphatic hydroxyl groups is 1. The maximum absolute atomic E-state index is 14.4. The molecule has 2 N–H and O–H groups in total. The Bertz CT molecular complexity index is 1240. The van der Waals surface area contributed by atoms with Gasteiger partial charge in [-0.25, -0.2) is 18.7 Å². The van der Waals surface area contributed by atoms with E-state index in [1.54, 1.807) is 10.9 Å². The Morgan fingerprint density at radius 1 is 1.09 bits per heavy atom. The van der Waals surface area contributed by atoms with Gasteiger partial charge in [0.15, 0.2) is 17.3 Å². The lowest BCUT2D eigenvalue weighted by Crippen LogP contribution is -2.06. The number of hydrogen-bond donors (Lipinski definition) is 2. The largest absolute Gasteiger partial charge is 0.494 e. The molecule has 10 heteroatoms. The van der Waals surface area contributed by atoms with Gasteiger partial charge in [-0.05, 0) is 36.8 Å². The topological polar surface area (TPSA) is 94.3 Å². The second-order valence-corrected chi connectivity index (χ2v) is 7.02. The Hall–Kier alpha value is -3.79. The maximum Gasteiger partial charge on any atom is 0.227 e. The van der Waals surface area contributed by atoms with Crippen molar-refractivity contribution in [2.45, 2.75) is 20.1 Å². The first-order chi connectivity index (χ1) is 15.5. The van der Waals surface area contributed by atoms with Gasteiger partial charge in [-0.2, -0.15) is 5.10 Å². The molecule has 32 heavy (non-hydrogen) atoms. The SMILES string of the molecule is COc1cc(C)c(F)c(COc2cnc(Nc3ccc4cnn(CCO)c4c3)nc2)c1F. The zero-order valence-electron chi connectivity index (χ0n) is 17.5. The molecular formula is C22H21F2N5O3. The van der Waals surface area contributed by atoms with Gasteiger partial charge in [-0.15, -0.1) is 0 Å². The van der Waals surface area contributed by atoms with E-state index < -0.39 is 11.6 Å². The van der Waals surface area contributed by atoms with Gasteiger partial charge in [-0.3, -0.25) is 4.68 Å². The van der Waals surface area contributed by atoms with Crippen LogP contribution in [0, 0.1) is 18.6 Å². The molecule has 0 saturated heterocycles. The fourth-order valence-electron chi connectivity index (χ4n) is 3.24. The van der Waals surface area contributed by atoms with Crippen LogP contribution in [0.5, 0.6) is 11.5 Å². The minimum absolute atomic E-state index is 0.0118. The summed E-state index contributed by atoms with van der Waals surface area (Å²) in [7, 11) is 1.32. The van der Waals surface area contributed by atoms with Crippen LogP contribution in [0.2, 0.25) is 0 Å². The number of nitrogens with one attached hydrogen (secondary N) is 1. The fourth-order valence-corrected chi connectivity index (χ4v) is 3.24. The van der Waals surface area contributed by atoms with E-state index in [0.717, 1.165) is 16.6 Å². The van der Waals surface area contributed by atoms with E-state index in [1.807, 2.05) is 18.2 Å². The number of fused-ring (bicyclic) bond motifs is 1. The minimum atomic E-state index is -0.800.